The van der Waals surface area contributed by atoms with Crippen LogP contribution in [0.4, 0.5) is 4.39 Å². The molecule has 0 aliphatic heterocycles. The van der Waals surface area contributed by atoms with E-state index in [1.54, 1.807) is 17.8 Å². The lowest BCUT2D eigenvalue weighted by Crippen LogP contribution is -2.31. The van der Waals surface area contributed by atoms with Crippen molar-refractivity contribution in [3.05, 3.63) is 52.1 Å². The van der Waals surface area contributed by atoms with Crippen molar-refractivity contribution < 1.29 is 4.39 Å². The van der Waals surface area contributed by atoms with Crippen molar-refractivity contribution in [2.24, 2.45) is 12.9 Å². The van der Waals surface area contributed by atoms with Crippen LogP contribution >= 0.6 is 11.6 Å². The van der Waals surface area contributed by atoms with Gasteiger partial charge in [-0.2, -0.15) is 5.10 Å². The third-order valence-corrected chi connectivity index (χ3v) is 3.14. The molecule has 0 saturated heterocycles. The van der Waals surface area contributed by atoms with E-state index in [0.29, 0.717) is 16.3 Å². The average Bonchev–Trinajstić information content (AvgIpc) is 2.64. The third kappa shape index (κ3) is 2.25. The summed E-state index contributed by atoms with van der Waals surface area (Å²) in [5.74, 6) is 5.20. The second-order valence-corrected chi connectivity index (χ2v) is 4.53. The van der Waals surface area contributed by atoms with Gasteiger partial charge in [0.1, 0.15) is 5.82 Å². The number of hydrazine groups is 1. The maximum absolute atomic E-state index is 14.0. The quantitative estimate of drug-likeness (QED) is 0.662. The summed E-state index contributed by atoms with van der Waals surface area (Å²) < 4.78 is 15.6. The third-order valence-electron chi connectivity index (χ3n) is 2.84. The second-order valence-electron chi connectivity index (χ2n) is 4.13. The number of aromatic nitrogens is 2. The second kappa shape index (κ2) is 5.06. The molecule has 96 valence electrons. The highest BCUT2D eigenvalue weighted by Gasteiger charge is 2.22. The van der Waals surface area contributed by atoms with Gasteiger partial charge in [0, 0.05) is 12.6 Å². The molecule has 1 unspecified atom stereocenters. The molecule has 18 heavy (non-hydrogen) atoms. The molecule has 1 atom stereocenters. The summed E-state index contributed by atoms with van der Waals surface area (Å²) in [6.45, 7) is 1.83. The van der Waals surface area contributed by atoms with Gasteiger partial charge in [-0.3, -0.25) is 10.5 Å². The molecule has 6 heteroatoms. The number of hydrogen-bond acceptors (Lipinski definition) is 3. The zero-order valence-corrected chi connectivity index (χ0v) is 10.9. The predicted molar refractivity (Wildman–Crippen MR) is 68.5 cm³/mol. The highest BCUT2D eigenvalue weighted by molar-refractivity contribution is 6.31. The Morgan fingerprint density at radius 3 is 2.72 bits per heavy atom. The lowest BCUT2D eigenvalue weighted by Gasteiger charge is -2.18. The number of rotatable bonds is 3. The first-order valence-corrected chi connectivity index (χ1v) is 5.82. The molecule has 3 N–H and O–H groups in total. The Hall–Kier alpha value is -1.43. The number of aryl methyl sites for hydroxylation is 2. The molecule has 0 amide bonds. The average molecular weight is 269 g/mol. The Morgan fingerprint density at radius 2 is 2.22 bits per heavy atom. The Bertz CT molecular complexity index is 548. The first kappa shape index (κ1) is 13.0. The Kier molecular flexibility index (Phi) is 3.65. The summed E-state index contributed by atoms with van der Waals surface area (Å²) in [5.41, 5.74) is 4.49. The van der Waals surface area contributed by atoms with E-state index in [2.05, 4.69) is 10.5 Å². The molecule has 1 aromatic heterocycles. The van der Waals surface area contributed by atoms with Crippen LogP contribution < -0.4 is 11.3 Å². The van der Waals surface area contributed by atoms with Crippen LogP contribution in [0, 0.1) is 12.7 Å². The smallest absolute Gasteiger partial charge is 0.128 e. The molecule has 0 radical (unpaired) electrons. The number of nitrogens with zero attached hydrogens (tertiary/aromatic N) is 2. The van der Waals surface area contributed by atoms with Crippen LogP contribution in [0.2, 0.25) is 5.02 Å². The normalized spacial score (nSPS) is 12.7. The van der Waals surface area contributed by atoms with Gasteiger partial charge in [0.05, 0.1) is 23.0 Å². The van der Waals surface area contributed by atoms with Gasteiger partial charge < -0.3 is 0 Å². The van der Waals surface area contributed by atoms with Crippen molar-refractivity contribution in [2.45, 2.75) is 13.0 Å². The van der Waals surface area contributed by atoms with Crippen molar-refractivity contribution in [3.63, 3.8) is 0 Å². The molecule has 2 rings (SSSR count). The van der Waals surface area contributed by atoms with Gasteiger partial charge in [-0.1, -0.05) is 23.7 Å². The van der Waals surface area contributed by atoms with Crippen LogP contribution in [0.25, 0.3) is 0 Å². The SMILES string of the molecule is Cc1ccc(C(NN)c2c(Cl)cnn2C)c(F)c1. The van der Waals surface area contributed by atoms with E-state index in [4.69, 9.17) is 17.4 Å². The molecule has 2 aromatic rings. The Morgan fingerprint density at radius 1 is 1.50 bits per heavy atom. The fraction of sp³-hybridized carbons (Fsp3) is 0.250. The molecule has 4 nitrogen and oxygen atoms in total. The summed E-state index contributed by atoms with van der Waals surface area (Å²) >= 11 is 6.05. The van der Waals surface area contributed by atoms with E-state index in [0.717, 1.165) is 5.56 Å². The van der Waals surface area contributed by atoms with Crippen LogP contribution in [0.5, 0.6) is 0 Å². The summed E-state index contributed by atoms with van der Waals surface area (Å²) in [6, 6.07) is 4.45. The zero-order chi connectivity index (χ0) is 13.3. The van der Waals surface area contributed by atoms with E-state index < -0.39 is 6.04 Å². The van der Waals surface area contributed by atoms with Crippen LogP contribution in [-0.4, -0.2) is 9.78 Å². The van der Waals surface area contributed by atoms with Crippen LogP contribution in [-0.2, 0) is 7.05 Å². The topological polar surface area (TPSA) is 55.9 Å². The first-order chi connectivity index (χ1) is 8.54. The summed E-state index contributed by atoms with van der Waals surface area (Å²) in [5, 5.41) is 4.47. The molecule has 0 saturated carbocycles. The molecule has 0 fully saturated rings. The lowest BCUT2D eigenvalue weighted by molar-refractivity contribution is 0.532. The Labute approximate surface area is 110 Å². The van der Waals surface area contributed by atoms with Crippen molar-refractivity contribution >= 4 is 11.6 Å². The molecule has 1 aromatic carbocycles. The maximum Gasteiger partial charge on any atom is 0.128 e. The number of hydrogen-bond donors (Lipinski definition) is 2. The maximum atomic E-state index is 14.0. The van der Waals surface area contributed by atoms with E-state index in [1.807, 2.05) is 13.0 Å². The summed E-state index contributed by atoms with van der Waals surface area (Å²) in [4.78, 5) is 0. The van der Waals surface area contributed by atoms with E-state index >= 15 is 0 Å². The van der Waals surface area contributed by atoms with Gasteiger partial charge in [-0.25, -0.2) is 9.82 Å². The van der Waals surface area contributed by atoms with Crippen LogP contribution in [0.3, 0.4) is 0 Å². The van der Waals surface area contributed by atoms with Gasteiger partial charge in [-0.05, 0) is 18.6 Å². The van der Waals surface area contributed by atoms with Gasteiger partial charge >= 0.3 is 0 Å². The number of nitrogens with two attached hydrogens (primary N) is 1. The predicted octanol–water partition coefficient (Wildman–Crippen LogP) is 2.07. The van der Waals surface area contributed by atoms with Crippen molar-refractivity contribution in [2.75, 3.05) is 0 Å². The molecule has 1 heterocycles. The fourth-order valence-electron chi connectivity index (χ4n) is 1.93. The largest absolute Gasteiger partial charge is 0.271 e. The van der Waals surface area contributed by atoms with E-state index in [9.17, 15) is 4.39 Å². The standard InChI is InChI=1S/C12H14ClFN4/c1-7-3-4-8(10(14)5-7)11(17-15)12-9(13)6-16-18(12)2/h3-6,11,17H,15H2,1-2H3. The van der Waals surface area contributed by atoms with E-state index in [1.165, 1.54) is 12.3 Å². The minimum atomic E-state index is -0.536. The summed E-state index contributed by atoms with van der Waals surface area (Å²) in [7, 11) is 1.73. The molecule has 0 aliphatic carbocycles. The fourth-order valence-corrected chi connectivity index (χ4v) is 2.20. The van der Waals surface area contributed by atoms with Gasteiger partial charge in [0.15, 0.2) is 0 Å². The number of benzene rings is 1. The number of nitrogens with one attached hydrogen (secondary N) is 1. The Balaban J connectivity index is 2.52. The number of halogens is 2. The van der Waals surface area contributed by atoms with Crippen molar-refractivity contribution in [3.8, 4) is 0 Å². The minimum Gasteiger partial charge on any atom is -0.271 e. The van der Waals surface area contributed by atoms with Crippen molar-refractivity contribution in [1.82, 2.24) is 15.2 Å². The van der Waals surface area contributed by atoms with Crippen molar-refractivity contribution in [1.29, 1.82) is 0 Å². The van der Waals surface area contributed by atoms with Gasteiger partial charge in [0.25, 0.3) is 0 Å². The highest BCUT2D eigenvalue weighted by atomic mass is 35.5. The van der Waals surface area contributed by atoms with Gasteiger partial charge in [0.2, 0.25) is 0 Å². The molecular weight excluding hydrogens is 255 g/mol. The first-order valence-electron chi connectivity index (χ1n) is 5.44. The molecule has 0 spiro atoms. The van der Waals surface area contributed by atoms with Crippen LogP contribution in [0.1, 0.15) is 22.9 Å². The van der Waals surface area contributed by atoms with Crippen LogP contribution in [0.15, 0.2) is 24.4 Å². The molecule has 0 aliphatic rings. The lowest BCUT2D eigenvalue weighted by atomic mass is 10.0. The monoisotopic (exact) mass is 268 g/mol. The minimum absolute atomic E-state index is 0.324. The molecular formula is C12H14ClFN4. The highest BCUT2D eigenvalue weighted by Crippen LogP contribution is 2.29. The van der Waals surface area contributed by atoms with Gasteiger partial charge in [-0.15, -0.1) is 0 Å². The summed E-state index contributed by atoms with van der Waals surface area (Å²) in [6.07, 6.45) is 1.51. The zero-order valence-electron chi connectivity index (χ0n) is 10.1. The van der Waals surface area contributed by atoms with E-state index in [-0.39, 0.29) is 5.82 Å². The molecule has 0 bridgehead atoms.